The van der Waals surface area contributed by atoms with E-state index in [0.717, 1.165) is 6.42 Å². The number of benzene rings is 4. The Balaban J connectivity index is 0.00000252. The largest absolute Gasteiger partial charge is 0.147 e. The van der Waals surface area contributed by atoms with Crippen LogP contribution in [0.25, 0.3) is 34.4 Å². The van der Waals surface area contributed by atoms with Crippen molar-refractivity contribution in [3.05, 3.63) is 129 Å². The molecular formula is C47H60Cl2SiZr. The Kier molecular flexibility index (Phi) is 11.9. The smallest absolute Gasteiger partial charge is 0.147 e. The number of hydrogen-bond acceptors (Lipinski definition) is 0. The molecule has 0 heterocycles. The van der Waals surface area contributed by atoms with Crippen molar-refractivity contribution < 1.29 is 17.4 Å². The molecule has 0 nitrogen and oxygen atoms in total. The fourth-order valence-electron chi connectivity index (χ4n) is 10.0. The summed E-state index contributed by atoms with van der Waals surface area (Å²) >= 11 is -3.74. The van der Waals surface area contributed by atoms with Gasteiger partial charge in [-0.1, -0.05) is 0 Å². The standard InChI is InChI=1S/C25H29.C20H21.2CH3.2ClH.H2Si.Zr/c1-25(2,3)22-14-12-19(13-15-22)23-11-7-10-20-16-21(17-24(20)23)18-8-5-4-6-9-18;1-4-15-12-18-6-5-7-19(20(18)13-15)17-10-8-16(9-11-17)14(2)3;;;;;;/h7,10-18H,4-6,8-9H2,1-3H3;5-14H,4H2,1-3H3;2*1H3;2*1H;1H2;. The van der Waals surface area contributed by atoms with E-state index in [4.69, 9.17) is 0 Å². The fraction of sp³-hybridized carbons (Fsp3) is 0.404. The second-order valence-corrected chi connectivity index (χ2v) is 48.5. The molecule has 7 rings (SSSR count). The van der Waals surface area contributed by atoms with Crippen LogP contribution in [0, 0.1) is 5.92 Å². The number of allylic oxidation sites excluding steroid dienone is 2. The van der Waals surface area contributed by atoms with Gasteiger partial charge in [0, 0.05) is 0 Å². The van der Waals surface area contributed by atoms with Crippen LogP contribution < -0.4 is 0 Å². The maximum atomic E-state index is 2.84. The molecule has 270 valence electrons. The number of fused-ring (bicyclic) bond motifs is 2. The summed E-state index contributed by atoms with van der Waals surface area (Å²) in [6.45, 7) is 16.4. The zero-order chi connectivity index (χ0) is 34.7. The minimum absolute atomic E-state index is 0. The van der Waals surface area contributed by atoms with Crippen LogP contribution in [-0.2, 0) is 22.8 Å². The van der Waals surface area contributed by atoms with Gasteiger partial charge in [-0.05, 0) is 0 Å². The Hall–Kier alpha value is -1.96. The first-order valence-corrected chi connectivity index (χ1v) is 32.9. The molecule has 4 aromatic rings. The molecular weight excluding hydrogens is 755 g/mol. The first-order valence-electron chi connectivity index (χ1n) is 19.2. The molecule has 1 saturated carbocycles. The molecule has 0 saturated heterocycles. The monoisotopic (exact) mass is 812 g/mol. The summed E-state index contributed by atoms with van der Waals surface area (Å²) in [6.07, 6.45) is 13.3. The third-order valence-corrected chi connectivity index (χ3v) is 30.0. The zero-order valence-electron chi connectivity index (χ0n) is 32.3. The minimum Gasteiger partial charge on any atom is -0.147 e. The molecule has 51 heavy (non-hydrogen) atoms. The van der Waals surface area contributed by atoms with Gasteiger partial charge in [0.1, 0.15) is 0 Å². The Morgan fingerprint density at radius 3 is 1.71 bits per heavy atom. The molecule has 3 aliphatic rings. The molecule has 0 aromatic heterocycles. The molecule has 0 radical (unpaired) electrons. The summed E-state index contributed by atoms with van der Waals surface area (Å²) in [5.41, 5.74) is 18.2. The van der Waals surface area contributed by atoms with Crippen molar-refractivity contribution in [3.63, 3.8) is 0 Å². The van der Waals surface area contributed by atoms with Crippen LogP contribution in [0.3, 0.4) is 0 Å². The zero-order valence-corrected chi connectivity index (χ0v) is 37.8. The Bertz CT molecular complexity index is 2010. The van der Waals surface area contributed by atoms with Crippen LogP contribution in [0.15, 0.2) is 96.1 Å². The van der Waals surface area contributed by atoms with Gasteiger partial charge in [-0.25, -0.2) is 0 Å². The first kappa shape index (κ1) is 40.2. The molecule has 0 amide bonds. The van der Waals surface area contributed by atoms with Gasteiger partial charge >= 0.3 is 302 Å². The molecule has 1 fully saturated rings. The summed E-state index contributed by atoms with van der Waals surface area (Å²) in [4.78, 5) is 0. The van der Waals surface area contributed by atoms with E-state index in [9.17, 15) is 0 Å². The van der Waals surface area contributed by atoms with Gasteiger partial charge in [-0.3, -0.25) is 0 Å². The van der Waals surface area contributed by atoms with E-state index in [2.05, 4.69) is 155 Å². The summed E-state index contributed by atoms with van der Waals surface area (Å²) in [5.74, 6) is 1.26. The topological polar surface area (TPSA) is 0 Å². The van der Waals surface area contributed by atoms with Crippen molar-refractivity contribution in [2.24, 2.45) is 5.92 Å². The van der Waals surface area contributed by atoms with Crippen molar-refractivity contribution in [2.75, 3.05) is 0 Å². The van der Waals surface area contributed by atoms with E-state index in [1.54, 1.807) is 22.3 Å². The maximum Gasteiger partial charge on any atom is -0.147 e. The van der Waals surface area contributed by atoms with Crippen molar-refractivity contribution >= 4 is 43.8 Å². The van der Waals surface area contributed by atoms with Crippen LogP contribution in [0.4, 0.5) is 0 Å². The molecule has 0 bridgehead atoms. The third kappa shape index (κ3) is 7.31. The second kappa shape index (κ2) is 15.1. The van der Waals surface area contributed by atoms with E-state index in [-0.39, 0.29) is 30.2 Å². The SMILES string of the molecule is CCC1=Cc2c(-c3ccc(C(C)C)cc3)cccc2[CH]1[Zr]([CH3])([CH3])(=[SiH2])[CH]1C(C2CCCCC2)=Cc2c(-c3ccc(C(C)(C)C)cc3)cccc21.Cl.Cl. The van der Waals surface area contributed by atoms with Gasteiger partial charge < -0.3 is 0 Å². The molecule has 4 heteroatoms. The Labute approximate surface area is 324 Å². The van der Waals surface area contributed by atoms with Crippen LogP contribution in [-0.4, -0.2) is 6.88 Å². The molecule has 4 aromatic carbocycles. The van der Waals surface area contributed by atoms with E-state index in [1.165, 1.54) is 76.6 Å². The van der Waals surface area contributed by atoms with Crippen molar-refractivity contribution in [3.8, 4) is 22.3 Å². The van der Waals surface area contributed by atoms with Crippen LogP contribution in [0.5, 0.6) is 0 Å². The fourth-order valence-corrected chi connectivity index (χ4v) is 29.8. The minimum atomic E-state index is -3.74. The second-order valence-electron chi connectivity index (χ2n) is 18.1. The van der Waals surface area contributed by atoms with E-state index in [1.807, 2.05) is 0 Å². The molecule has 3 aliphatic carbocycles. The van der Waals surface area contributed by atoms with Gasteiger partial charge in [0.2, 0.25) is 0 Å². The number of halogens is 2. The normalized spacial score (nSPS) is 19.1. The van der Waals surface area contributed by atoms with Crippen LogP contribution >= 0.6 is 24.8 Å². The molecule has 0 N–H and O–H groups in total. The summed E-state index contributed by atoms with van der Waals surface area (Å²) in [6, 6.07) is 33.4. The van der Waals surface area contributed by atoms with Gasteiger partial charge in [0.05, 0.1) is 0 Å². The van der Waals surface area contributed by atoms with Crippen LogP contribution in [0.2, 0.25) is 9.26 Å². The average molecular weight is 815 g/mol. The van der Waals surface area contributed by atoms with Gasteiger partial charge in [0.15, 0.2) is 0 Å². The predicted molar refractivity (Wildman–Crippen MR) is 230 cm³/mol. The third-order valence-electron chi connectivity index (χ3n) is 12.6. The molecule has 0 aliphatic heterocycles. The summed E-state index contributed by atoms with van der Waals surface area (Å²) in [5, 5.41) is 0. The summed E-state index contributed by atoms with van der Waals surface area (Å²) in [7, 11) is 0. The quantitative estimate of drug-likeness (QED) is 0.163. The number of hydrogen-bond donors (Lipinski definition) is 0. The molecule has 0 spiro atoms. The van der Waals surface area contributed by atoms with Crippen molar-refractivity contribution in [1.29, 1.82) is 0 Å². The Morgan fingerprint density at radius 1 is 0.686 bits per heavy atom. The first-order chi connectivity index (χ1) is 23.3. The average Bonchev–Trinajstić information content (AvgIpc) is 3.69. The van der Waals surface area contributed by atoms with Gasteiger partial charge in [-0.2, -0.15) is 0 Å². The van der Waals surface area contributed by atoms with Gasteiger partial charge in [-0.15, -0.1) is 24.8 Å². The summed E-state index contributed by atoms with van der Waals surface area (Å²) < 4.78 is 6.79. The van der Waals surface area contributed by atoms with Gasteiger partial charge in [0.25, 0.3) is 0 Å². The molecule has 2 atom stereocenters. The van der Waals surface area contributed by atoms with Crippen molar-refractivity contribution in [2.45, 2.75) is 108 Å². The molecule has 2 unspecified atom stereocenters. The number of rotatable bonds is 7. The van der Waals surface area contributed by atoms with E-state index >= 15 is 0 Å². The van der Waals surface area contributed by atoms with Crippen LogP contribution in [0.1, 0.15) is 127 Å². The van der Waals surface area contributed by atoms with E-state index in [0.29, 0.717) is 19.1 Å². The van der Waals surface area contributed by atoms with Crippen molar-refractivity contribution in [1.82, 2.24) is 0 Å². The Morgan fingerprint density at radius 2 is 1.20 bits per heavy atom. The van der Waals surface area contributed by atoms with E-state index < -0.39 is 17.4 Å². The predicted octanol–water partition coefficient (Wildman–Crippen LogP) is 14.2. The maximum absolute atomic E-state index is 3.74.